The van der Waals surface area contributed by atoms with Crippen LogP contribution in [0.3, 0.4) is 0 Å². The van der Waals surface area contributed by atoms with Crippen LogP contribution in [0.4, 0.5) is 11.8 Å². The second-order valence-corrected chi connectivity index (χ2v) is 4.52. The van der Waals surface area contributed by atoms with Crippen LogP contribution in [-0.2, 0) is 4.79 Å². The minimum Gasteiger partial charge on any atom is -0.365 e. The van der Waals surface area contributed by atoms with Crippen molar-refractivity contribution in [3.8, 4) is 0 Å². The van der Waals surface area contributed by atoms with E-state index in [0.717, 1.165) is 17.9 Å². The lowest BCUT2D eigenvalue weighted by molar-refractivity contribution is -0.132. The lowest BCUT2D eigenvalue weighted by Gasteiger charge is -2.30. The van der Waals surface area contributed by atoms with E-state index >= 15 is 0 Å². The molecule has 4 N–H and O–H groups in total. The number of nitrogen functional groups attached to an aromatic ring is 1. The van der Waals surface area contributed by atoms with Crippen LogP contribution in [0.25, 0.3) is 0 Å². The highest BCUT2D eigenvalue weighted by Gasteiger charge is 2.22. The van der Waals surface area contributed by atoms with E-state index in [1.807, 2.05) is 20.0 Å². The van der Waals surface area contributed by atoms with Crippen molar-refractivity contribution in [3.05, 3.63) is 11.8 Å². The summed E-state index contributed by atoms with van der Waals surface area (Å²) in [4.78, 5) is 21.5. The number of hydrogen-bond acceptors (Lipinski definition) is 6. The number of nitrogens with one attached hydrogen (secondary N) is 2. The molecular formula is C11H18N6O. The van der Waals surface area contributed by atoms with Crippen LogP contribution in [-0.4, -0.2) is 40.4 Å². The van der Waals surface area contributed by atoms with Gasteiger partial charge < -0.3 is 10.2 Å². The second kappa shape index (κ2) is 5.18. The fraction of sp³-hybridized carbons (Fsp3) is 0.545. The third kappa shape index (κ3) is 2.86. The maximum atomic E-state index is 11.4. The Morgan fingerprint density at radius 3 is 2.94 bits per heavy atom. The number of nitrogens with two attached hydrogens (primary N) is 1. The Morgan fingerprint density at radius 2 is 2.28 bits per heavy atom. The third-order valence-corrected chi connectivity index (χ3v) is 2.96. The topological polar surface area (TPSA) is 96.2 Å². The molecule has 1 saturated heterocycles. The summed E-state index contributed by atoms with van der Waals surface area (Å²) in [6.45, 7) is 2.57. The van der Waals surface area contributed by atoms with Crippen LogP contribution >= 0.6 is 0 Å². The van der Waals surface area contributed by atoms with Gasteiger partial charge in [0.1, 0.15) is 5.82 Å². The van der Waals surface area contributed by atoms with Crippen molar-refractivity contribution in [2.24, 2.45) is 5.84 Å². The number of hydrogen-bond donors (Lipinski definition) is 3. The Balaban J connectivity index is 2.05. The normalized spacial score (nSPS) is 19.8. The fourth-order valence-corrected chi connectivity index (χ4v) is 2.05. The number of amides is 1. The van der Waals surface area contributed by atoms with Crippen molar-refractivity contribution in [2.45, 2.75) is 25.8 Å². The molecule has 1 amide bonds. The molecule has 0 saturated carbocycles. The Hall–Kier alpha value is -1.89. The molecule has 1 aromatic rings. The lowest BCUT2D eigenvalue weighted by atomic mass is 10.1. The number of likely N-dealkylation sites (N-methyl/N-ethyl adjacent to an activating group) is 1. The smallest absolute Gasteiger partial charge is 0.239 e. The number of rotatable bonds is 3. The zero-order valence-electron chi connectivity index (χ0n) is 10.6. The van der Waals surface area contributed by atoms with Gasteiger partial charge in [-0.15, -0.1) is 0 Å². The highest BCUT2D eigenvalue weighted by molar-refractivity contribution is 5.77. The number of aryl methyl sites for hydroxylation is 1. The van der Waals surface area contributed by atoms with E-state index in [-0.39, 0.29) is 11.9 Å². The Bertz CT molecular complexity index is 449. The Labute approximate surface area is 106 Å². The van der Waals surface area contributed by atoms with Gasteiger partial charge >= 0.3 is 0 Å². The zero-order valence-corrected chi connectivity index (χ0v) is 10.6. The van der Waals surface area contributed by atoms with E-state index in [2.05, 4.69) is 20.7 Å². The summed E-state index contributed by atoms with van der Waals surface area (Å²) in [6.07, 6.45) is 1.39. The molecular weight excluding hydrogens is 232 g/mol. The molecule has 2 heterocycles. The van der Waals surface area contributed by atoms with Gasteiger partial charge in [-0.1, -0.05) is 0 Å². The van der Waals surface area contributed by atoms with Gasteiger partial charge in [-0.2, -0.15) is 4.98 Å². The number of aromatic nitrogens is 2. The Morgan fingerprint density at radius 1 is 1.50 bits per heavy atom. The zero-order chi connectivity index (χ0) is 13.1. The van der Waals surface area contributed by atoms with E-state index < -0.39 is 0 Å². The lowest BCUT2D eigenvalue weighted by Crippen LogP contribution is -2.43. The summed E-state index contributed by atoms with van der Waals surface area (Å²) < 4.78 is 0. The van der Waals surface area contributed by atoms with Crippen molar-refractivity contribution in [1.29, 1.82) is 0 Å². The van der Waals surface area contributed by atoms with E-state index in [9.17, 15) is 4.79 Å². The first-order chi connectivity index (χ1) is 8.58. The van der Waals surface area contributed by atoms with Crippen LogP contribution in [0.1, 0.15) is 18.5 Å². The molecule has 0 spiro atoms. The standard InChI is InChI=1S/C11H18N6O/c1-7-5-9(15-11(13-7)16-12)14-8-3-4-10(18)17(2)6-8/h5,8H,3-4,6,12H2,1-2H3,(H2,13,14,15,16). The molecule has 1 atom stereocenters. The predicted octanol–water partition coefficient (Wildman–Crippen LogP) is 0.103. The Kier molecular flexibility index (Phi) is 3.61. The molecule has 0 aliphatic carbocycles. The van der Waals surface area contributed by atoms with Crippen LogP contribution < -0.4 is 16.6 Å². The van der Waals surface area contributed by atoms with E-state index in [1.165, 1.54) is 0 Å². The average molecular weight is 250 g/mol. The monoisotopic (exact) mass is 250 g/mol. The molecule has 0 radical (unpaired) electrons. The maximum absolute atomic E-state index is 11.4. The highest BCUT2D eigenvalue weighted by Crippen LogP contribution is 2.16. The molecule has 2 rings (SSSR count). The van der Waals surface area contributed by atoms with Crippen LogP contribution in [0.5, 0.6) is 0 Å². The van der Waals surface area contributed by atoms with E-state index in [0.29, 0.717) is 18.9 Å². The number of nitrogens with zero attached hydrogens (tertiary/aromatic N) is 3. The number of likely N-dealkylation sites (tertiary alicyclic amines) is 1. The SMILES string of the molecule is Cc1cc(NC2CCC(=O)N(C)C2)nc(NN)n1. The maximum Gasteiger partial charge on any atom is 0.239 e. The van der Waals surface area contributed by atoms with Gasteiger partial charge in [-0.3, -0.25) is 10.2 Å². The summed E-state index contributed by atoms with van der Waals surface area (Å²) >= 11 is 0. The summed E-state index contributed by atoms with van der Waals surface area (Å²) in [6, 6.07) is 2.07. The minimum absolute atomic E-state index is 0.191. The van der Waals surface area contributed by atoms with Gasteiger partial charge in [0.15, 0.2) is 0 Å². The third-order valence-electron chi connectivity index (χ3n) is 2.96. The molecule has 1 fully saturated rings. The van der Waals surface area contributed by atoms with Gasteiger partial charge in [0.2, 0.25) is 11.9 Å². The first kappa shape index (κ1) is 12.6. The molecule has 7 heteroatoms. The van der Waals surface area contributed by atoms with Gasteiger partial charge in [0, 0.05) is 37.8 Å². The van der Waals surface area contributed by atoms with Crippen LogP contribution in [0.2, 0.25) is 0 Å². The molecule has 7 nitrogen and oxygen atoms in total. The number of carbonyl (C=O) groups excluding carboxylic acids is 1. The molecule has 1 aliphatic heterocycles. The quantitative estimate of drug-likeness (QED) is 0.520. The fourth-order valence-electron chi connectivity index (χ4n) is 2.05. The first-order valence-corrected chi connectivity index (χ1v) is 5.91. The molecule has 0 bridgehead atoms. The summed E-state index contributed by atoms with van der Waals surface area (Å²) in [7, 11) is 1.81. The molecule has 18 heavy (non-hydrogen) atoms. The molecule has 1 aromatic heterocycles. The van der Waals surface area contributed by atoms with Crippen molar-refractivity contribution in [2.75, 3.05) is 24.3 Å². The summed E-state index contributed by atoms with van der Waals surface area (Å²) in [5, 5.41) is 3.31. The number of hydrazine groups is 1. The minimum atomic E-state index is 0.191. The molecule has 98 valence electrons. The van der Waals surface area contributed by atoms with Crippen molar-refractivity contribution < 1.29 is 4.79 Å². The van der Waals surface area contributed by atoms with Gasteiger partial charge in [-0.05, 0) is 13.3 Å². The first-order valence-electron chi connectivity index (χ1n) is 5.91. The van der Waals surface area contributed by atoms with Gasteiger partial charge in [-0.25, -0.2) is 10.8 Å². The largest absolute Gasteiger partial charge is 0.365 e. The predicted molar refractivity (Wildman–Crippen MR) is 68.9 cm³/mol. The van der Waals surface area contributed by atoms with Crippen molar-refractivity contribution >= 4 is 17.7 Å². The number of piperidine rings is 1. The van der Waals surface area contributed by atoms with Gasteiger partial charge in [0.05, 0.1) is 0 Å². The van der Waals surface area contributed by atoms with Crippen LogP contribution in [0.15, 0.2) is 6.07 Å². The van der Waals surface area contributed by atoms with Crippen LogP contribution in [0, 0.1) is 6.92 Å². The van der Waals surface area contributed by atoms with E-state index in [1.54, 1.807) is 4.90 Å². The highest BCUT2D eigenvalue weighted by atomic mass is 16.2. The van der Waals surface area contributed by atoms with Gasteiger partial charge in [0.25, 0.3) is 0 Å². The van der Waals surface area contributed by atoms with Crippen molar-refractivity contribution in [1.82, 2.24) is 14.9 Å². The molecule has 0 aromatic carbocycles. The number of anilines is 2. The molecule has 1 unspecified atom stereocenters. The second-order valence-electron chi connectivity index (χ2n) is 4.52. The summed E-state index contributed by atoms with van der Waals surface area (Å²) in [5.74, 6) is 6.61. The van der Waals surface area contributed by atoms with E-state index in [4.69, 9.17) is 5.84 Å². The summed E-state index contributed by atoms with van der Waals surface area (Å²) in [5.41, 5.74) is 3.27. The average Bonchev–Trinajstić information content (AvgIpc) is 2.33. The van der Waals surface area contributed by atoms with Crippen molar-refractivity contribution in [3.63, 3.8) is 0 Å². The number of carbonyl (C=O) groups is 1. The molecule has 1 aliphatic rings.